The molecule has 6 nitrogen and oxygen atoms in total. The fourth-order valence-corrected chi connectivity index (χ4v) is 1.24. The third kappa shape index (κ3) is 3.67. The maximum atomic E-state index is 11.6. The van der Waals surface area contributed by atoms with Crippen LogP contribution in [0.15, 0.2) is 6.20 Å². The minimum absolute atomic E-state index is 0.132. The maximum absolute atomic E-state index is 11.6. The Hall–Kier alpha value is -1.43. The first-order chi connectivity index (χ1) is 7.25. The van der Waals surface area contributed by atoms with Crippen LogP contribution in [0.2, 0.25) is 0 Å². The molecule has 84 valence electrons. The van der Waals surface area contributed by atoms with Crippen LogP contribution < -0.4 is 0 Å². The van der Waals surface area contributed by atoms with Gasteiger partial charge in [0.15, 0.2) is 5.69 Å². The van der Waals surface area contributed by atoms with E-state index in [1.54, 1.807) is 11.9 Å². The van der Waals surface area contributed by atoms with E-state index in [1.807, 2.05) is 0 Å². The Morgan fingerprint density at radius 2 is 2.33 bits per heavy atom. The van der Waals surface area contributed by atoms with Crippen molar-refractivity contribution in [3.63, 3.8) is 0 Å². The Morgan fingerprint density at radius 1 is 1.53 bits per heavy atom. The van der Waals surface area contributed by atoms with Crippen LogP contribution in [0.5, 0.6) is 0 Å². The lowest BCUT2D eigenvalue weighted by Gasteiger charge is -2.14. The first-order valence-corrected chi connectivity index (χ1v) is 4.98. The van der Waals surface area contributed by atoms with E-state index in [9.17, 15) is 4.79 Å². The van der Waals surface area contributed by atoms with Gasteiger partial charge in [0.25, 0.3) is 5.91 Å². The molecule has 1 aromatic rings. The Morgan fingerprint density at radius 3 is 2.93 bits per heavy atom. The van der Waals surface area contributed by atoms with E-state index >= 15 is 0 Å². The molecule has 1 heterocycles. The van der Waals surface area contributed by atoms with Crippen LogP contribution in [0.4, 0.5) is 0 Å². The van der Waals surface area contributed by atoms with E-state index in [4.69, 9.17) is 5.11 Å². The van der Waals surface area contributed by atoms with Gasteiger partial charge >= 0.3 is 0 Å². The number of aromatic nitrogens is 3. The second-order valence-electron chi connectivity index (χ2n) is 3.37. The van der Waals surface area contributed by atoms with Gasteiger partial charge in [0, 0.05) is 20.2 Å². The van der Waals surface area contributed by atoms with Gasteiger partial charge in [-0.05, 0) is 19.3 Å². The number of aromatic amines is 1. The summed E-state index contributed by atoms with van der Waals surface area (Å²) in [5.41, 5.74) is 0.333. The molecule has 0 bridgehead atoms. The molecule has 0 aliphatic carbocycles. The second-order valence-corrected chi connectivity index (χ2v) is 3.37. The SMILES string of the molecule is CN(CCCCCO)C(=O)c1cn[nH]n1. The van der Waals surface area contributed by atoms with Gasteiger partial charge in [-0.1, -0.05) is 0 Å². The first-order valence-electron chi connectivity index (χ1n) is 4.98. The molecule has 0 unspecified atom stereocenters. The number of nitrogens with zero attached hydrogens (tertiary/aromatic N) is 3. The third-order valence-electron chi connectivity index (χ3n) is 2.13. The van der Waals surface area contributed by atoms with Gasteiger partial charge in [-0.2, -0.15) is 15.4 Å². The van der Waals surface area contributed by atoms with Crippen LogP contribution in [-0.2, 0) is 0 Å². The highest BCUT2D eigenvalue weighted by molar-refractivity contribution is 5.91. The third-order valence-corrected chi connectivity index (χ3v) is 2.13. The number of rotatable bonds is 6. The lowest BCUT2D eigenvalue weighted by Crippen LogP contribution is -2.28. The van der Waals surface area contributed by atoms with E-state index in [-0.39, 0.29) is 12.5 Å². The average Bonchev–Trinajstić information content (AvgIpc) is 2.76. The van der Waals surface area contributed by atoms with Crippen molar-refractivity contribution in [1.29, 1.82) is 0 Å². The number of amides is 1. The van der Waals surface area contributed by atoms with Crippen molar-refractivity contribution in [1.82, 2.24) is 20.3 Å². The summed E-state index contributed by atoms with van der Waals surface area (Å²) in [4.78, 5) is 13.2. The van der Waals surface area contributed by atoms with Crippen molar-refractivity contribution < 1.29 is 9.90 Å². The normalized spacial score (nSPS) is 10.3. The summed E-state index contributed by atoms with van der Waals surface area (Å²) in [5, 5.41) is 18.3. The molecule has 1 amide bonds. The minimum Gasteiger partial charge on any atom is -0.396 e. The molecule has 0 atom stereocenters. The number of H-pyrrole nitrogens is 1. The number of carbonyl (C=O) groups is 1. The number of unbranched alkanes of at least 4 members (excludes halogenated alkanes) is 2. The Kier molecular flexibility index (Phi) is 4.76. The minimum atomic E-state index is -0.132. The van der Waals surface area contributed by atoms with Crippen LogP contribution in [0.25, 0.3) is 0 Å². The second kappa shape index (κ2) is 6.13. The highest BCUT2D eigenvalue weighted by Crippen LogP contribution is 2.01. The Labute approximate surface area is 88.3 Å². The van der Waals surface area contributed by atoms with Crippen molar-refractivity contribution in [3.8, 4) is 0 Å². The van der Waals surface area contributed by atoms with E-state index in [0.717, 1.165) is 19.3 Å². The molecule has 6 heteroatoms. The number of aliphatic hydroxyl groups is 1. The summed E-state index contributed by atoms with van der Waals surface area (Å²) in [6.07, 6.45) is 4.01. The zero-order valence-electron chi connectivity index (χ0n) is 8.81. The lowest BCUT2D eigenvalue weighted by molar-refractivity contribution is 0.0786. The van der Waals surface area contributed by atoms with Crippen LogP contribution in [0.1, 0.15) is 29.8 Å². The monoisotopic (exact) mass is 212 g/mol. The summed E-state index contributed by atoms with van der Waals surface area (Å²) < 4.78 is 0. The van der Waals surface area contributed by atoms with Crippen LogP contribution in [0, 0.1) is 0 Å². The molecule has 0 fully saturated rings. The zero-order valence-corrected chi connectivity index (χ0v) is 8.81. The number of nitrogens with one attached hydrogen (secondary N) is 1. The van der Waals surface area contributed by atoms with E-state index < -0.39 is 0 Å². The molecule has 1 rings (SSSR count). The van der Waals surface area contributed by atoms with E-state index in [2.05, 4.69) is 15.4 Å². The van der Waals surface area contributed by atoms with Gasteiger partial charge in [-0.3, -0.25) is 4.79 Å². The summed E-state index contributed by atoms with van der Waals surface area (Å²) in [6.45, 7) is 0.882. The molecule has 2 N–H and O–H groups in total. The molecule has 0 spiro atoms. The van der Waals surface area contributed by atoms with E-state index in [1.165, 1.54) is 6.20 Å². The molecule has 0 saturated carbocycles. The molecule has 15 heavy (non-hydrogen) atoms. The molecule has 0 saturated heterocycles. The van der Waals surface area contributed by atoms with Crippen molar-refractivity contribution in [3.05, 3.63) is 11.9 Å². The topological polar surface area (TPSA) is 82.1 Å². The average molecular weight is 212 g/mol. The predicted octanol–water partition coefficient (Wildman–Crippen LogP) is 0.0393. The number of hydrogen-bond donors (Lipinski definition) is 2. The molecule has 0 aliphatic rings. The van der Waals surface area contributed by atoms with Gasteiger partial charge in [0.05, 0.1) is 6.20 Å². The van der Waals surface area contributed by atoms with Gasteiger partial charge in [0.1, 0.15) is 0 Å². The van der Waals surface area contributed by atoms with Crippen LogP contribution in [0.3, 0.4) is 0 Å². The van der Waals surface area contributed by atoms with Gasteiger partial charge < -0.3 is 10.0 Å². The maximum Gasteiger partial charge on any atom is 0.275 e. The molecular weight excluding hydrogens is 196 g/mol. The standard InChI is InChI=1S/C9H16N4O2/c1-13(5-3-2-4-6-14)9(15)8-7-10-12-11-8/h7,14H,2-6H2,1H3,(H,10,11,12). The summed E-state index contributed by atoms with van der Waals surface area (Å²) >= 11 is 0. The van der Waals surface area contributed by atoms with Crippen molar-refractivity contribution in [2.75, 3.05) is 20.2 Å². The van der Waals surface area contributed by atoms with Gasteiger partial charge in [-0.25, -0.2) is 0 Å². The Bertz CT molecular complexity index is 286. The largest absolute Gasteiger partial charge is 0.396 e. The van der Waals surface area contributed by atoms with Crippen LogP contribution >= 0.6 is 0 Å². The number of carbonyl (C=O) groups excluding carboxylic acids is 1. The lowest BCUT2D eigenvalue weighted by atomic mass is 10.2. The zero-order chi connectivity index (χ0) is 11.1. The molecule has 1 aromatic heterocycles. The van der Waals surface area contributed by atoms with E-state index in [0.29, 0.717) is 12.2 Å². The summed E-state index contributed by atoms with van der Waals surface area (Å²) in [7, 11) is 1.73. The first kappa shape index (κ1) is 11.6. The van der Waals surface area contributed by atoms with Crippen molar-refractivity contribution in [2.45, 2.75) is 19.3 Å². The highest BCUT2D eigenvalue weighted by Gasteiger charge is 2.13. The van der Waals surface area contributed by atoms with Gasteiger partial charge in [-0.15, -0.1) is 0 Å². The quantitative estimate of drug-likeness (QED) is 0.652. The van der Waals surface area contributed by atoms with Crippen molar-refractivity contribution >= 4 is 5.91 Å². The predicted molar refractivity (Wildman–Crippen MR) is 54.3 cm³/mol. The summed E-state index contributed by atoms with van der Waals surface area (Å²) in [5.74, 6) is -0.132. The fraction of sp³-hybridized carbons (Fsp3) is 0.667. The highest BCUT2D eigenvalue weighted by atomic mass is 16.2. The number of hydrogen-bond acceptors (Lipinski definition) is 4. The molecule has 0 radical (unpaired) electrons. The van der Waals surface area contributed by atoms with Crippen LogP contribution in [-0.4, -0.2) is 51.5 Å². The molecule has 0 aromatic carbocycles. The Balaban J connectivity index is 2.28. The summed E-state index contributed by atoms with van der Waals surface area (Å²) in [6, 6.07) is 0. The van der Waals surface area contributed by atoms with Crippen molar-refractivity contribution in [2.24, 2.45) is 0 Å². The smallest absolute Gasteiger partial charge is 0.275 e. The van der Waals surface area contributed by atoms with Gasteiger partial charge in [0.2, 0.25) is 0 Å². The molecular formula is C9H16N4O2. The molecule has 0 aliphatic heterocycles. The number of aliphatic hydroxyl groups excluding tert-OH is 1. The fourth-order valence-electron chi connectivity index (χ4n) is 1.24.